The van der Waals surface area contributed by atoms with Gasteiger partial charge in [0.1, 0.15) is 6.61 Å². The van der Waals surface area contributed by atoms with Crippen molar-refractivity contribution in [3.05, 3.63) is 41.7 Å². The van der Waals surface area contributed by atoms with Crippen molar-refractivity contribution in [1.82, 2.24) is 20.2 Å². The lowest BCUT2D eigenvalue weighted by molar-refractivity contribution is -0.135. The molecule has 0 spiro atoms. The fourth-order valence-electron chi connectivity index (χ4n) is 3.39. The fourth-order valence-corrected chi connectivity index (χ4v) is 3.39. The van der Waals surface area contributed by atoms with Gasteiger partial charge in [0.2, 0.25) is 11.5 Å². The van der Waals surface area contributed by atoms with Crippen molar-refractivity contribution in [1.29, 1.82) is 0 Å². The van der Waals surface area contributed by atoms with Crippen molar-refractivity contribution in [3.8, 4) is 0 Å². The van der Waals surface area contributed by atoms with Gasteiger partial charge in [-0.2, -0.15) is 0 Å². The molecule has 0 aliphatic rings. The number of oxime groups is 1. The monoisotopic (exact) mass is 443 g/mol. The summed E-state index contributed by atoms with van der Waals surface area (Å²) in [4.78, 5) is 17.8. The predicted molar refractivity (Wildman–Crippen MR) is 124 cm³/mol. The highest BCUT2D eigenvalue weighted by atomic mass is 16.6. The fraction of sp³-hybridized carbons (Fsp3) is 0.625. The number of rotatable bonds is 17. The molecule has 2 rings (SSSR count). The molecule has 0 N–H and O–H groups in total. The first kappa shape index (κ1) is 25.5. The summed E-state index contributed by atoms with van der Waals surface area (Å²) in [5.41, 5.74) is 0.935. The average molecular weight is 444 g/mol. The molecular weight excluding hydrogens is 406 g/mol. The maximum atomic E-state index is 12.4. The third-order valence-electron chi connectivity index (χ3n) is 5.17. The first-order chi connectivity index (χ1) is 15.8. The van der Waals surface area contributed by atoms with Gasteiger partial charge < -0.3 is 9.57 Å². The van der Waals surface area contributed by atoms with Crippen LogP contribution in [-0.2, 0) is 27.5 Å². The van der Waals surface area contributed by atoms with E-state index in [0.29, 0.717) is 6.54 Å². The van der Waals surface area contributed by atoms with Crippen LogP contribution in [0.25, 0.3) is 0 Å². The van der Waals surface area contributed by atoms with Crippen LogP contribution in [0.15, 0.2) is 35.5 Å². The van der Waals surface area contributed by atoms with E-state index < -0.39 is 5.97 Å². The molecule has 8 nitrogen and oxygen atoms in total. The van der Waals surface area contributed by atoms with Crippen molar-refractivity contribution in [2.24, 2.45) is 5.16 Å². The molecule has 0 amide bonds. The van der Waals surface area contributed by atoms with Crippen LogP contribution in [-0.4, -0.2) is 38.5 Å². The summed E-state index contributed by atoms with van der Waals surface area (Å²) in [6.45, 7) is 5.08. The van der Waals surface area contributed by atoms with E-state index in [1.165, 1.54) is 51.4 Å². The molecule has 0 aliphatic carbocycles. The van der Waals surface area contributed by atoms with Crippen LogP contribution in [0.3, 0.4) is 0 Å². The van der Waals surface area contributed by atoms with Crippen LogP contribution >= 0.6 is 0 Å². The summed E-state index contributed by atoms with van der Waals surface area (Å²) < 4.78 is 6.74. The zero-order chi connectivity index (χ0) is 22.9. The number of carbonyl (C=O) groups excluding carboxylic acids is 1. The number of benzene rings is 1. The van der Waals surface area contributed by atoms with Gasteiger partial charge in [0.05, 0.1) is 6.61 Å². The number of unbranched alkanes of at least 4 members (excludes halogenated alkanes) is 9. The zero-order valence-electron chi connectivity index (χ0n) is 19.5. The maximum Gasteiger partial charge on any atom is 0.364 e. The van der Waals surface area contributed by atoms with Crippen LogP contribution in [0.2, 0.25) is 0 Å². The molecule has 0 bridgehead atoms. The third-order valence-corrected chi connectivity index (χ3v) is 5.17. The van der Waals surface area contributed by atoms with E-state index in [4.69, 9.17) is 9.57 Å². The van der Waals surface area contributed by atoms with Crippen LogP contribution < -0.4 is 0 Å². The maximum absolute atomic E-state index is 12.4. The summed E-state index contributed by atoms with van der Waals surface area (Å²) in [7, 11) is 0. The van der Waals surface area contributed by atoms with Gasteiger partial charge in [0, 0.05) is 6.54 Å². The normalized spacial score (nSPS) is 11.5. The summed E-state index contributed by atoms with van der Waals surface area (Å²) in [6.07, 6.45) is 12.5. The Bertz CT molecular complexity index is 792. The van der Waals surface area contributed by atoms with Crippen molar-refractivity contribution in [3.63, 3.8) is 0 Å². The summed E-state index contributed by atoms with van der Waals surface area (Å²) in [6, 6.07) is 9.62. The minimum atomic E-state index is -0.598. The molecule has 1 aromatic carbocycles. The van der Waals surface area contributed by atoms with Crippen LogP contribution in [0.4, 0.5) is 0 Å². The minimum absolute atomic E-state index is 0.0140. The molecule has 0 atom stereocenters. The molecule has 8 heteroatoms. The van der Waals surface area contributed by atoms with Gasteiger partial charge in [-0.25, -0.2) is 9.48 Å². The molecule has 2 aromatic rings. The second kappa shape index (κ2) is 15.9. The van der Waals surface area contributed by atoms with E-state index >= 15 is 0 Å². The van der Waals surface area contributed by atoms with E-state index in [1.807, 2.05) is 30.3 Å². The number of hydrogen-bond donors (Lipinski definition) is 0. The number of hydrogen-bond acceptors (Lipinski definition) is 7. The molecule has 32 heavy (non-hydrogen) atoms. The quantitative estimate of drug-likeness (QED) is 0.147. The Morgan fingerprint density at radius 2 is 1.59 bits per heavy atom. The Kier molecular flexibility index (Phi) is 12.7. The summed E-state index contributed by atoms with van der Waals surface area (Å²) in [5.74, 6) is -0.327. The molecular formula is C24H37N5O3. The highest BCUT2D eigenvalue weighted by Crippen LogP contribution is 2.11. The van der Waals surface area contributed by atoms with Crippen LogP contribution in [0, 0.1) is 0 Å². The highest BCUT2D eigenvalue weighted by molar-refractivity contribution is 6.42. The number of tetrazole rings is 1. The molecule has 0 unspecified atom stereocenters. The zero-order valence-corrected chi connectivity index (χ0v) is 19.5. The van der Waals surface area contributed by atoms with Crippen LogP contribution in [0.5, 0.6) is 0 Å². The number of esters is 1. The van der Waals surface area contributed by atoms with Gasteiger partial charge in [0.25, 0.3) is 0 Å². The van der Waals surface area contributed by atoms with E-state index in [2.05, 4.69) is 27.6 Å². The van der Waals surface area contributed by atoms with E-state index in [-0.39, 0.29) is 24.7 Å². The molecule has 176 valence electrons. The van der Waals surface area contributed by atoms with Gasteiger partial charge in [-0.05, 0) is 29.3 Å². The Labute approximate surface area is 191 Å². The average Bonchev–Trinajstić information content (AvgIpc) is 3.27. The topological polar surface area (TPSA) is 91.5 Å². The first-order valence-corrected chi connectivity index (χ1v) is 11.9. The van der Waals surface area contributed by atoms with Gasteiger partial charge in [-0.3, -0.25) is 0 Å². The van der Waals surface area contributed by atoms with E-state index in [9.17, 15) is 4.79 Å². The van der Waals surface area contributed by atoms with Crippen molar-refractivity contribution in [2.45, 2.75) is 91.2 Å². The first-order valence-electron chi connectivity index (χ1n) is 11.9. The number of nitrogens with zero attached hydrogens (tertiary/aromatic N) is 5. The summed E-state index contributed by atoms with van der Waals surface area (Å²) >= 11 is 0. The van der Waals surface area contributed by atoms with Crippen molar-refractivity contribution < 1.29 is 14.4 Å². The lowest BCUT2D eigenvalue weighted by Gasteiger charge is -2.08. The molecule has 1 heterocycles. The minimum Gasteiger partial charge on any atom is -0.461 e. The second-order valence-electron chi connectivity index (χ2n) is 7.83. The SMILES string of the molecule is CCCCCCCCCCCCn1nnnc1/C(=N/OCc1ccccc1)C(=O)OCC. The van der Waals surface area contributed by atoms with Gasteiger partial charge in [0.15, 0.2) is 0 Å². The largest absolute Gasteiger partial charge is 0.461 e. The standard InChI is InChI=1S/C24H37N5O3/c1-3-5-6-7-8-9-10-11-12-16-19-29-23(25-27-28-29)22(24(30)31-4-2)26-32-20-21-17-14-13-15-18-21/h13-15,17-18H,3-12,16,19-20H2,1-2H3/b26-22-. The van der Waals surface area contributed by atoms with Crippen molar-refractivity contribution >= 4 is 11.7 Å². The van der Waals surface area contributed by atoms with Crippen LogP contribution in [0.1, 0.15) is 89.4 Å². The number of aromatic nitrogens is 4. The molecule has 0 saturated heterocycles. The lowest BCUT2D eigenvalue weighted by atomic mass is 10.1. The highest BCUT2D eigenvalue weighted by Gasteiger charge is 2.23. The number of aryl methyl sites for hydroxylation is 1. The predicted octanol–water partition coefficient (Wildman–Crippen LogP) is 5.08. The number of carbonyl (C=O) groups is 1. The molecule has 0 saturated carbocycles. The van der Waals surface area contributed by atoms with Gasteiger partial charge in [-0.1, -0.05) is 100 Å². The third kappa shape index (κ3) is 9.58. The van der Waals surface area contributed by atoms with Gasteiger partial charge in [-0.15, -0.1) is 5.10 Å². The molecule has 1 aromatic heterocycles. The Hall–Kier alpha value is -2.77. The molecule has 0 aliphatic heterocycles. The van der Waals surface area contributed by atoms with Crippen molar-refractivity contribution in [2.75, 3.05) is 6.61 Å². The smallest absolute Gasteiger partial charge is 0.364 e. The number of ether oxygens (including phenoxy) is 1. The molecule has 0 fully saturated rings. The summed E-state index contributed by atoms with van der Waals surface area (Å²) in [5, 5.41) is 15.8. The molecule has 0 radical (unpaired) electrons. The lowest BCUT2D eigenvalue weighted by Crippen LogP contribution is -2.24. The van der Waals surface area contributed by atoms with E-state index in [1.54, 1.807) is 11.6 Å². The van der Waals surface area contributed by atoms with Gasteiger partial charge >= 0.3 is 5.97 Å². The Balaban J connectivity index is 1.83. The second-order valence-corrected chi connectivity index (χ2v) is 7.83. The van der Waals surface area contributed by atoms with E-state index in [0.717, 1.165) is 18.4 Å². The Morgan fingerprint density at radius 3 is 2.25 bits per heavy atom. The Morgan fingerprint density at radius 1 is 0.938 bits per heavy atom.